The van der Waals surface area contributed by atoms with Gasteiger partial charge in [-0.05, 0) is 43.7 Å². The Balaban J connectivity index is 1.85. The smallest absolute Gasteiger partial charge is 0.0674 e. The highest BCUT2D eigenvalue weighted by Crippen LogP contribution is 2.33. The van der Waals surface area contributed by atoms with Crippen LogP contribution in [0.4, 0.5) is 0 Å². The molecule has 1 aliphatic carbocycles. The predicted octanol–water partition coefficient (Wildman–Crippen LogP) is 1.98. The molecule has 1 heterocycles. The standard InChI is InChI=1S/C17H26N2O/c1-14-12-19(9-4-10-20-14)17(13-18)8-7-15-5-2-3-6-16(15)11-17/h2-3,5-6,14H,4,7-13,18H2,1H3. The average molecular weight is 274 g/mol. The lowest BCUT2D eigenvalue weighted by Gasteiger charge is -2.46. The first-order chi connectivity index (χ1) is 9.73. The van der Waals surface area contributed by atoms with Crippen molar-refractivity contribution in [1.82, 2.24) is 4.90 Å². The van der Waals surface area contributed by atoms with Gasteiger partial charge in [0.25, 0.3) is 0 Å². The van der Waals surface area contributed by atoms with Gasteiger partial charge in [0.1, 0.15) is 0 Å². The fourth-order valence-electron chi connectivity index (χ4n) is 3.78. The molecule has 1 saturated heterocycles. The van der Waals surface area contributed by atoms with Gasteiger partial charge >= 0.3 is 0 Å². The van der Waals surface area contributed by atoms with Crippen molar-refractivity contribution in [3.8, 4) is 0 Å². The van der Waals surface area contributed by atoms with Crippen LogP contribution in [0.15, 0.2) is 24.3 Å². The number of ether oxygens (including phenoxy) is 1. The molecule has 2 aliphatic rings. The summed E-state index contributed by atoms with van der Waals surface area (Å²) in [6.45, 7) is 5.94. The van der Waals surface area contributed by atoms with Crippen molar-refractivity contribution in [2.45, 2.75) is 44.2 Å². The third kappa shape index (κ3) is 2.62. The van der Waals surface area contributed by atoms with Crippen LogP contribution >= 0.6 is 0 Å². The van der Waals surface area contributed by atoms with Crippen LogP contribution in [0.1, 0.15) is 30.9 Å². The second-order valence-electron chi connectivity index (χ2n) is 6.35. The fraction of sp³-hybridized carbons (Fsp3) is 0.647. The third-order valence-corrected chi connectivity index (χ3v) is 5.00. The van der Waals surface area contributed by atoms with E-state index in [-0.39, 0.29) is 5.54 Å². The molecule has 1 aromatic rings. The highest BCUT2D eigenvalue weighted by molar-refractivity contribution is 5.32. The normalized spacial score (nSPS) is 31.6. The Morgan fingerprint density at radius 3 is 2.95 bits per heavy atom. The van der Waals surface area contributed by atoms with E-state index in [1.807, 2.05) is 0 Å². The van der Waals surface area contributed by atoms with Crippen molar-refractivity contribution in [3.63, 3.8) is 0 Å². The average Bonchev–Trinajstić information content (AvgIpc) is 2.71. The Bertz CT molecular complexity index is 462. The van der Waals surface area contributed by atoms with E-state index in [4.69, 9.17) is 10.5 Å². The highest BCUT2D eigenvalue weighted by Gasteiger charge is 2.39. The Morgan fingerprint density at radius 2 is 2.15 bits per heavy atom. The molecule has 0 aromatic heterocycles. The number of nitrogens with zero attached hydrogens (tertiary/aromatic N) is 1. The molecular formula is C17H26N2O. The maximum Gasteiger partial charge on any atom is 0.0674 e. The van der Waals surface area contributed by atoms with Gasteiger partial charge in [0.05, 0.1) is 6.10 Å². The lowest BCUT2D eigenvalue weighted by Crippen LogP contribution is -2.58. The molecular weight excluding hydrogens is 248 g/mol. The van der Waals surface area contributed by atoms with Crippen LogP contribution in [0.5, 0.6) is 0 Å². The number of fused-ring (bicyclic) bond motifs is 1. The molecule has 0 bridgehead atoms. The van der Waals surface area contributed by atoms with E-state index < -0.39 is 0 Å². The summed E-state index contributed by atoms with van der Waals surface area (Å²) in [6, 6.07) is 8.84. The van der Waals surface area contributed by atoms with E-state index in [1.165, 1.54) is 17.5 Å². The lowest BCUT2D eigenvalue weighted by molar-refractivity contribution is 0.0318. The quantitative estimate of drug-likeness (QED) is 0.896. The van der Waals surface area contributed by atoms with Gasteiger partial charge < -0.3 is 10.5 Å². The van der Waals surface area contributed by atoms with Gasteiger partial charge in [-0.25, -0.2) is 0 Å². The van der Waals surface area contributed by atoms with Gasteiger partial charge in [-0.1, -0.05) is 24.3 Å². The molecule has 110 valence electrons. The lowest BCUT2D eigenvalue weighted by atomic mass is 9.76. The topological polar surface area (TPSA) is 38.5 Å². The van der Waals surface area contributed by atoms with Crippen LogP contribution in [0.25, 0.3) is 0 Å². The van der Waals surface area contributed by atoms with Crippen molar-refractivity contribution >= 4 is 0 Å². The molecule has 3 heteroatoms. The molecule has 1 fully saturated rings. The van der Waals surface area contributed by atoms with E-state index in [0.717, 1.165) is 45.5 Å². The predicted molar refractivity (Wildman–Crippen MR) is 81.9 cm³/mol. The zero-order valence-electron chi connectivity index (χ0n) is 12.5. The molecule has 0 spiro atoms. The van der Waals surface area contributed by atoms with E-state index in [2.05, 4.69) is 36.1 Å². The van der Waals surface area contributed by atoms with E-state index in [0.29, 0.717) is 6.10 Å². The Morgan fingerprint density at radius 1 is 1.35 bits per heavy atom. The monoisotopic (exact) mass is 274 g/mol. The van der Waals surface area contributed by atoms with Gasteiger partial charge in [-0.3, -0.25) is 4.90 Å². The Hall–Kier alpha value is -0.900. The second-order valence-corrected chi connectivity index (χ2v) is 6.35. The maximum absolute atomic E-state index is 6.24. The summed E-state index contributed by atoms with van der Waals surface area (Å²) in [4.78, 5) is 2.61. The van der Waals surface area contributed by atoms with Crippen molar-refractivity contribution < 1.29 is 4.74 Å². The van der Waals surface area contributed by atoms with Gasteiger partial charge in [0.2, 0.25) is 0 Å². The summed E-state index contributed by atoms with van der Waals surface area (Å²) in [5.41, 5.74) is 9.37. The molecule has 3 nitrogen and oxygen atoms in total. The van der Waals surface area contributed by atoms with E-state index in [9.17, 15) is 0 Å². The summed E-state index contributed by atoms with van der Waals surface area (Å²) in [5.74, 6) is 0. The third-order valence-electron chi connectivity index (χ3n) is 5.00. The number of aryl methyl sites for hydroxylation is 1. The largest absolute Gasteiger partial charge is 0.377 e. The Kier molecular flexibility index (Phi) is 4.11. The fourth-order valence-corrected chi connectivity index (χ4v) is 3.78. The van der Waals surface area contributed by atoms with Crippen LogP contribution in [-0.2, 0) is 17.6 Å². The minimum absolute atomic E-state index is 0.135. The molecule has 0 saturated carbocycles. The summed E-state index contributed by atoms with van der Waals surface area (Å²) in [6.07, 6.45) is 4.85. The van der Waals surface area contributed by atoms with Crippen molar-refractivity contribution in [2.24, 2.45) is 5.73 Å². The number of hydrogen-bond donors (Lipinski definition) is 1. The molecule has 2 unspecified atom stereocenters. The first-order valence-corrected chi connectivity index (χ1v) is 7.87. The summed E-state index contributed by atoms with van der Waals surface area (Å²) >= 11 is 0. The molecule has 3 rings (SSSR count). The van der Waals surface area contributed by atoms with Crippen LogP contribution in [0.2, 0.25) is 0 Å². The van der Waals surface area contributed by atoms with Gasteiger partial charge in [-0.2, -0.15) is 0 Å². The first-order valence-electron chi connectivity index (χ1n) is 7.87. The van der Waals surface area contributed by atoms with Crippen LogP contribution in [-0.4, -0.2) is 42.8 Å². The zero-order valence-corrected chi connectivity index (χ0v) is 12.5. The molecule has 2 N–H and O–H groups in total. The van der Waals surface area contributed by atoms with Gasteiger partial charge in [0.15, 0.2) is 0 Å². The first kappa shape index (κ1) is 14.1. The highest BCUT2D eigenvalue weighted by atomic mass is 16.5. The second kappa shape index (κ2) is 5.84. The molecule has 20 heavy (non-hydrogen) atoms. The number of rotatable bonds is 2. The van der Waals surface area contributed by atoms with Crippen molar-refractivity contribution in [2.75, 3.05) is 26.2 Å². The molecule has 1 aromatic carbocycles. The summed E-state index contributed by atoms with van der Waals surface area (Å²) in [7, 11) is 0. The van der Waals surface area contributed by atoms with Crippen molar-refractivity contribution in [3.05, 3.63) is 35.4 Å². The van der Waals surface area contributed by atoms with E-state index in [1.54, 1.807) is 0 Å². The molecule has 0 radical (unpaired) electrons. The summed E-state index contributed by atoms with van der Waals surface area (Å²) < 4.78 is 5.80. The van der Waals surface area contributed by atoms with Crippen LogP contribution in [0, 0.1) is 0 Å². The Labute approximate surface area is 122 Å². The molecule has 2 atom stereocenters. The number of hydrogen-bond acceptors (Lipinski definition) is 3. The molecule has 0 amide bonds. The minimum Gasteiger partial charge on any atom is -0.377 e. The minimum atomic E-state index is 0.135. The SMILES string of the molecule is CC1CN(C2(CN)CCc3ccccc3C2)CCCO1. The van der Waals surface area contributed by atoms with E-state index >= 15 is 0 Å². The van der Waals surface area contributed by atoms with Crippen molar-refractivity contribution in [1.29, 1.82) is 0 Å². The zero-order chi connectivity index (χ0) is 14.0. The van der Waals surface area contributed by atoms with Gasteiger partial charge in [0, 0.05) is 31.8 Å². The number of nitrogens with two attached hydrogens (primary N) is 1. The summed E-state index contributed by atoms with van der Waals surface area (Å²) in [5, 5.41) is 0. The maximum atomic E-state index is 6.24. The van der Waals surface area contributed by atoms with Gasteiger partial charge in [-0.15, -0.1) is 0 Å². The molecule has 1 aliphatic heterocycles. The number of benzene rings is 1. The van der Waals surface area contributed by atoms with Crippen LogP contribution in [0.3, 0.4) is 0 Å². The van der Waals surface area contributed by atoms with Crippen LogP contribution < -0.4 is 5.73 Å².